The Morgan fingerprint density at radius 3 is 2.53 bits per heavy atom. The lowest BCUT2D eigenvalue weighted by Gasteiger charge is -2.39. The van der Waals surface area contributed by atoms with Gasteiger partial charge in [-0.1, -0.05) is 20.8 Å². The number of amides is 1. The minimum Gasteiger partial charge on any atom is -0.440 e. The maximum Gasteiger partial charge on any atom is 0.422 e. The van der Waals surface area contributed by atoms with E-state index >= 15 is 0 Å². The molecule has 0 radical (unpaired) electrons. The van der Waals surface area contributed by atoms with Crippen molar-refractivity contribution < 1.29 is 22.7 Å². The van der Waals surface area contributed by atoms with Crippen LogP contribution in [0.3, 0.4) is 0 Å². The quantitative estimate of drug-likeness (QED) is 0.734. The fraction of sp³-hybridized carbons (Fsp3) is 0.923. The zero-order chi connectivity index (χ0) is 14.5. The third-order valence-corrected chi connectivity index (χ3v) is 4.01. The van der Waals surface area contributed by atoms with E-state index in [-0.39, 0.29) is 16.9 Å². The SMILES string of the molecule is CC1(C)CC2CC(C)(CN2C(=O)OCC(F)(F)F)C1. The van der Waals surface area contributed by atoms with Gasteiger partial charge in [-0.3, -0.25) is 0 Å². The molecule has 2 fully saturated rings. The summed E-state index contributed by atoms with van der Waals surface area (Å²) >= 11 is 0. The van der Waals surface area contributed by atoms with Gasteiger partial charge in [0.1, 0.15) is 0 Å². The summed E-state index contributed by atoms with van der Waals surface area (Å²) in [5.41, 5.74) is 0.125. The number of carbonyl (C=O) groups is 1. The molecule has 110 valence electrons. The van der Waals surface area contributed by atoms with Crippen molar-refractivity contribution in [2.24, 2.45) is 10.8 Å². The standard InChI is InChI=1S/C13H20F3NO2/c1-11(2)4-9-5-12(3,6-11)7-17(9)10(18)19-8-13(14,15)16/h9H,4-8H2,1-3H3. The van der Waals surface area contributed by atoms with Crippen LogP contribution in [-0.2, 0) is 4.74 Å². The molecule has 2 rings (SSSR count). The first kappa shape index (κ1) is 14.5. The molecule has 1 aliphatic heterocycles. The van der Waals surface area contributed by atoms with E-state index in [1.54, 1.807) is 0 Å². The molecule has 0 aromatic rings. The summed E-state index contributed by atoms with van der Waals surface area (Å²) < 4.78 is 40.6. The van der Waals surface area contributed by atoms with Gasteiger partial charge in [-0.2, -0.15) is 13.2 Å². The van der Waals surface area contributed by atoms with Crippen LogP contribution < -0.4 is 0 Å². The molecule has 1 amide bonds. The zero-order valence-electron chi connectivity index (χ0n) is 11.5. The van der Waals surface area contributed by atoms with E-state index in [9.17, 15) is 18.0 Å². The van der Waals surface area contributed by atoms with Gasteiger partial charge in [0.2, 0.25) is 0 Å². The number of fused-ring (bicyclic) bond motifs is 2. The number of ether oxygens (including phenoxy) is 1. The zero-order valence-corrected chi connectivity index (χ0v) is 11.5. The minimum atomic E-state index is -4.46. The predicted octanol–water partition coefficient (Wildman–Crippen LogP) is 3.59. The summed E-state index contributed by atoms with van der Waals surface area (Å²) in [5, 5.41) is 0. The lowest BCUT2D eigenvalue weighted by Crippen LogP contribution is -2.39. The molecule has 2 bridgehead atoms. The third-order valence-electron chi connectivity index (χ3n) is 4.01. The third kappa shape index (κ3) is 3.34. The van der Waals surface area contributed by atoms with Gasteiger partial charge >= 0.3 is 12.3 Å². The van der Waals surface area contributed by atoms with Gasteiger partial charge in [-0.15, -0.1) is 0 Å². The molecule has 1 heterocycles. The topological polar surface area (TPSA) is 29.5 Å². The first-order valence-corrected chi connectivity index (χ1v) is 6.50. The van der Waals surface area contributed by atoms with Crippen LogP contribution in [0.5, 0.6) is 0 Å². The van der Waals surface area contributed by atoms with E-state index in [0.717, 1.165) is 19.3 Å². The molecule has 3 nitrogen and oxygen atoms in total. The van der Waals surface area contributed by atoms with Crippen LogP contribution in [0.25, 0.3) is 0 Å². The highest BCUT2D eigenvalue weighted by Gasteiger charge is 2.51. The van der Waals surface area contributed by atoms with Gasteiger partial charge in [0.05, 0.1) is 0 Å². The minimum absolute atomic E-state index is 0.00364. The Kier molecular flexibility index (Phi) is 3.26. The molecule has 0 spiro atoms. The van der Waals surface area contributed by atoms with Gasteiger partial charge in [0, 0.05) is 12.6 Å². The molecule has 0 aromatic heterocycles. The average molecular weight is 279 g/mol. The fourth-order valence-electron chi connectivity index (χ4n) is 3.90. The number of hydrogen-bond acceptors (Lipinski definition) is 2. The van der Waals surface area contributed by atoms with E-state index in [1.807, 2.05) is 0 Å². The van der Waals surface area contributed by atoms with Crippen LogP contribution in [0.4, 0.5) is 18.0 Å². The van der Waals surface area contributed by atoms with Gasteiger partial charge < -0.3 is 9.64 Å². The highest BCUT2D eigenvalue weighted by Crippen LogP contribution is 2.52. The van der Waals surface area contributed by atoms with Crippen LogP contribution in [-0.4, -0.2) is 36.4 Å². The van der Waals surface area contributed by atoms with E-state index < -0.39 is 18.9 Å². The van der Waals surface area contributed by atoms with Gasteiger partial charge in [0.15, 0.2) is 6.61 Å². The highest BCUT2D eigenvalue weighted by atomic mass is 19.4. The Bertz CT molecular complexity index is 381. The first-order valence-electron chi connectivity index (χ1n) is 6.50. The van der Waals surface area contributed by atoms with E-state index in [2.05, 4.69) is 25.5 Å². The Morgan fingerprint density at radius 2 is 1.95 bits per heavy atom. The summed E-state index contributed by atoms with van der Waals surface area (Å²) in [4.78, 5) is 13.3. The van der Waals surface area contributed by atoms with Crippen molar-refractivity contribution in [2.75, 3.05) is 13.2 Å². The monoisotopic (exact) mass is 279 g/mol. The molecule has 6 heteroatoms. The molecule has 2 unspecified atom stereocenters. The van der Waals surface area contributed by atoms with Crippen LogP contribution in [0.2, 0.25) is 0 Å². The first-order chi connectivity index (χ1) is 8.50. The second kappa shape index (κ2) is 4.28. The average Bonchev–Trinajstić information content (AvgIpc) is 2.43. The molecule has 1 saturated carbocycles. The predicted molar refractivity (Wildman–Crippen MR) is 63.6 cm³/mol. The van der Waals surface area contributed by atoms with Crippen molar-refractivity contribution in [3.05, 3.63) is 0 Å². The molecule has 19 heavy (non-hydrogen) atoms. The normalized spacial score (nSPS) is 33.4. The number of nitrogens with zero attached hydrogens (tertiary/aromatic N) is 1. The van der Waals surface area contributed by atoms with Crippen molar-refractivity contribution in [3.8, 4) is 0 Å². The van der Waals surface area contributed by atoms with Crippen molar-refractivity contribution in [2.45, 2.75) is 52.3 Å². The highest BCUT2D eigenvalue weighted by molar-refractivity contribution is 5.68. The fourth-order valence-corrected chi connectivity index (χ4v) is 3.90. The van der Waals surface area contributed by atoms with Crippen molar-refractivity contribution in [3.63, 3.8) is 0 Å². The van der Waals surface area contributed by atoms with E-state index in [1.165, 1.54) is 4.90 Å². The number of carbonyl (C=O) groups excluding carboxylic acids is 1. The number of hydrogen-bond donors (Lipinski definition) is 0. The maximum atomic E-state index is 12.1. The number of likely N-dealkylation sites (tertiary alicyclic amines) is 1. The smallest absolute Gasteiger partial charge is 0.422 e. The maximum absolute atomic E-state index is 12.1. The molecule has 1 saturated heterocycles. The Balaban J connectivity index is 2.01. The molecule has 2 atom stereocenters. The number of rotatable bonds is 1. The van der Waals surface area contributed by atoms with Crippen LogP contribution in [0, 0.1) is 10.8 Å². The molecule has 0 aromatic carbocycles. The summed E-state index contributed by atoms with van der Waals surface area (Å²) in [6.45, 7) is 5.37. The van der Waals surface area contributed by atoms with E-state index in [0.29, 0.717) is 6.54 Å². The van der Waals surface area contributed by atoms with Gasteiger partial charge in [-0.25, -0.2) is 4.79 Å². The second-order valence-electron chi connectivity index (χ2n) is 7.01. The van der Waals surface area contributed by atoms with Crippen molar-refractivity contribution >= 4 is 6.09 Å². The van der Waals surface area contributed by atoms with Crippen LogP contribution in [0.15, 0.2) is 0 Å². The Hall–Kier alpha value is -0.940. The summed E-state index contributed by atoms with van der Waals surface area (Å²) in [5.74, 6) is 0. The largest absolute Gasteiger partial charge is 0.440 e. The summed E-state index contributed by atoms with van der Waals surface area (Å²) in [6.07, 6.45) is -2.63. The van der Waals surface area contributed by atoms with Crippen molar-refractivity contribution in [1.29, 1.82) is 0 Å². The van der Waals surface area contributed by atoms with Gasteiger partial charge in [-0.05, 0) is 30.1 Å². The molecular weight excluding hydrogens is 259 g/mol. The molecule has 0 N–H and O–H groups in total. The summed E-state index contributed by atoms with van der Waals surface area (Å²) in [7, 11) is 0. The summed E-state index contributed by atoms with van der Waals surface area (Å²) in [6, 6.07) is 0.00878. The van der Waals surface area contributed by atoms with Crippen molar-refractivity contribution in [1.82, 2.24) is 4.90 Å². The van der Waals surface area contributed by atoms with Crippen LogP contribution >= 0.6 is 0 Å². The second-order valence-corrected chi connectivity index (χ2v) is 7.01. The molecular formula is C13H20F3NO2. The number of alkyl halides is 3. The number of halogens is 3. The van der Waals surface area contributed by atoms with Crippen LogP contribution in [0.1, 0.15) is 40.0 Å². The Morgan fingerprint density at radius 1 is 1.32 bits per heavy atom. The van der Waals surface area contributed by atoms with Gasteiger partial charge in [0.25, 0.3) is 0 Å². The molecule has 2 aliphatic rings. The van der Waals surface area contributed by atoms with E-state index in [4.69, 9.17) is 0 Å². The Labute approximate surface area is 111 Å². The lowest BCUT2D eigenvalue weighted by atomic mass is 9.65. The lowest BCUT2D eigenvalue weighted by molar-refractivity contribution is -0.162. The molecule has 1 aliphatic carbocycles.